The summed E-state index contributed by atoms with van der Waals surface area (Å²) in [5.41, 5.74) is 0.0660. The summed E-state index contributed by atoms with van der Waals surface area (Å²) in [6.07, 6.45) is 1.55. The molecule has 0 unspecified atom stereocenters. The molecule has 2 heterocycles. The van der Waals surface area contributed by atoms with E-state index in [0.717, 1.165) is 0 Å². The van der Waals surface area contributed by atoms with Gasteiger partial charge in [0.15, 0.2) is 0 Å². The molecule has 0 spiro atoms. The molecule has 2 saturated heterocycles. The van der Waals surface area contributed by atoms with E-state index >= 15 is 0 Å². The Balaban J connectivity index is 1.63. The number of amides is 1. The van der Waals surface area contributed by atoms with E-state index < -0.39 is 10.0 Å². The average molecular weight is 390 g/mol. The first-order valence-corrected chi connectivity index (χ1v) is 10.2. The fourth-order valence-electron chi connectivity index (χ4n) is 3.07. The smallest absolute Gasteiger partial charge is 0.266 e. The Morgan fingerprint density at radius 1 is 1.04 bits per heavy atom. The van der Waals surface area contributed by atoms with Crippen LogP contribution < -0.4 is 0 Å². The van der Waals surface area contributed by atoms with E-state index in [4.69, 9.17) is 4.74 Å². The summed E-state index contributed by atoms with van der Waals surface area (Å²) in [7, 11) is -3.52. The van der Waals surface area contributed by atoms with E-state index in [0.29, 0.717) is 52.5 Å². The van der Waals surface area contributed by atoms with E-state index in [1.54, 1.807) is 41.4 Å². The van der Waals surface area contributed by atoms with E-state index in [1.807, 2.05) is 11.0 Å². The first-order chi connectivity index (χ1) is 13.0. The van der Waals surface area contributed by atoms with Crippen LogP contribution >= 0.6 is 0 Å². The number of benzene rings is 1. The van der Waals surface area contributed by atoms with Gasteiger partial charge >= 0.3 is 0 Å². The third-order valence-electron chi connectivity index (χ3n) is 4.62. The van der Waals surface area contributed by atoms with Crippen LogP contribution in [0.1, 0.15) is 0 Å². The number of hydrogen-bond acceptors (Lipinski definition) is 6. The minimum atomic E-state index is -3.52. The number of piperazine rings is 1. The van der Waals surface area contributed by atoms with Crippen LogP contribution in [0.2, 0.25) is 0 Å². The van der Waals surface area contributed by atoms with Crippen molar-refractivity contribution >= 4 is 15.9 Å². The fourth-order valence-corrected chi connectivity index (χ4v) is 4.51. The van der Waals surface area contributed by atoms with E-state index in [2.05, 4.69) is 0 Å². The Kier molecular flexibility index (Phi) is 6.11. The molecule has 0 saturated carbocycles. The number of hydrogen-bond donors (Lipinski definition) is 0. The Labute approximate surface area is 159 Å². The van der Waals surface area contributed by atoms with Crippen LogP contribution in [0.5, 0.6) is 0 Å². The molecule has 0 aliphatic carbocycles. The molecule has 2 aliphatic heterocycles. The average Bonchev–Trinajstić information content (AvgIpc) is 2.73. The van der Waals surface area contributed by atoms with Crippen molar-refractivity contribution in [2.24, 2.45) is 0 Å². The maximum atomic E-state index is 12.7. The highest BCUT2D eigenvalue weighted by Crippen LogP contribution is 2.18. The van der Waals surface area contributed by atoms with Crippen LogP contribution in [0.3, 0.4) is 0 Å². The quantitative estimate of drug-likeness (QED) is 0.541. The first kappa shape index (κ1) is 19.4. The third-order valence-corrected chi connectivity index (χ3v) is 6.53. The lowest BCUT2D eigenvalue weighted by Crippen LogP contribution is -2.47. The van der Waals surface area contributed by atoms with Gasteiger partial charge < -0.3 is 14.5 Å². The summed E-state index contributed by atoms with van der Waals surface area (Å²) in [6.45, 7) is 3.35. The van der Waals surface area contributed by atoms with Crippen molar-refractivity contribution in [1.82, 2.24) is 14.1 Å². The van der Waals surface area contributed by atoms with Gasteiger partial charge in [-0.25, -0.2) is 8.42 Å². The molecule has 0 aromatic heterocycles. The van der Waals surface area contributed by atoms with Crippen molar-refractivity contribution in [2.45, 2.75) is 4.90 Å². The summed E-state index contributed by atoms with van der Waals surface area (Å²) >= 11 is 0. The highest BCUT2D eigenvalue weighted by Gasteiger charge is 2.28. The van der Waals surface area contributed by atoms with E-state index in [-0.39, 0.29) is 16.4 Å². The third kappa shape index (κ3) is 4.47. The van der Waals surface area contributed by atoms with Gasteiger partial charge in [-0.3, -0.25) is 4.79 Å². The maximum Gasteiger partial charge on any atom is 0.266 e. The molecule has 0 bridgehead atoms. The van der Waals surface area contributed by atoms with Crippen LogP contribution in [-0.4, -0.2) is 80.9 Å². The molecule has 1 amide bonds. The zero-order valence-corrected chi connectivity index (χ0v) is 15.8. The molecule has 2 aliphatic rings. The van der Waals surface area contributed by atoms with E-state index in [1.165, 1.54) is 4.31 Å². The Morgan fingerprint density at radius 2 is 1.67 bits per heavy atom. The van der Waals surface area contributed by atoms with Crippen molar-refractivity contribution < 1.29 is 17.9 Å². The molecular formula is C18H22N4O4S. The van der Waals surface area contributed by atoms with Crippen LogP contribution in [0.25, 0.3) is 0 Å². The number of morpholine rings is 1. The Morgan fingerprint density at radius 3 is 2.26 bits per heavy atom. The number of nitrogens with zero attached hydrogens (tertiary/aromatic N) is 4. The molecule has 0 N–H and O–H groups in total. The number of ether oxygens (including phenoxy) is 1. The van der Waals surface area contributed by atoms with Gasteiger partial charge in [0.05, 0.1) is 18.1 Å². The second-order valence-corrected chi connectivity index (χ2v) is 8.25. The lowest BCUT2D eigenvalue weighted by Gasteiger charge is -2.33. The molecule has 0 radical (unpaired) electrons. The van der Waals surface area contributed by atoms with Gasteiger partial charge in [0, 0.05) is 45.5 Å². The van der Waals surface area contributed by atoms with Crippen molar-refractivity contribution in [1.29, 1.82) is 5.26 Å². The topological polar surface area (TPSA) is 93.9 Å². The lowest BCUT2D eigenvalue weighted by molar-refractivity contribution is -0.130. The number of rotatable bonds is 4. The molecule has 2 fully saturated rings. The Hall–Kier alpha value is -2.41. The second-order valence-electron chi connectivity index (χ2n) is 6.31. The predicted octanol–water partition coefficient (Wildman–Crippen LogP) is 0.259. The summed E-state index contributed by atoms with van der Waals surface area (Å²) in [5, 5.41) is 9.36. The van der Waals surface area contributed by atoms with Gasteiger partial charge in [-0.1, -0.05) is 18.2 Å². The molecular weight excluding hydrogens is 368 g/mol. The lowest BCUT2D eigenvalue weighted by atomic mass is 10.2. The molecule has 27 heavy (non-hydrogen) atoms. The zero-order valence-electron chi connectivity index (χ0n) is 15.0. The van der Waals surface area contributed by atoms with Crippen molar-refractivity contribution in [3.63, 3.8) is 0 Å². The molecule has 9 heteroatoms. The highest BCUT2D eigenvalue weighted by atomic mass is 32.2. The normalized spacial score (nSPS) is 19.6. The number of carbonyl (C=O) groups is 1. The van der Waals surface area contributed by atoms with Crippen LogP contribution in [0, 0.1) is 11.3 Å². The van der Waals surface area contributed by atoms with Gasteiger partial charge in [0.25, 0.3) is 5.91 Å². The van der Waals surface area contributed by atoms with Crippen LogP contribution in [-0.2, 0) is 19.6 Å². The summed E-state index contributed by atoms with van der Waals surface area (Å²) < 4.78 is 32.0. The molecule has 3 rings (SSSR count). The number of nitriles is 1. The first-order valence-electron chi connectivity index (χ1n) is 8.80. The van der Waals surface area contributed by atoms with Gasteiger partial charge in [-0.05, 0) is 12.1 Å². The maximum absolute atomic E-state index is 12.7. The monoisotopic (exact) mass is 390 g/mol. The molecule has 0 atom stereocenters. The molecule has 144 valence electrons. The predicted molar refractivity (Wildman–Crippen MR) is 97.9 cm³/mol. The van der Waals surface area contributed by atoms with Crippen molar-refractivity contribution in [3.05, 3.63) is 42.1 Å². The second kappa shape index (κ2) is 8.52. The summed E-state index contributed by atoms with van der Waals surface area (Å²) in [4.78, 5) is 16.2. The summed E-state index contributed by atoms with van der Waals surface area (Å²) in [6, 6.07) is 10.3. The van der Waals surface area contributed by atoms with E-state index in [9.17, 15) is 18.5 Å². The van der Waals surface area contributed by atoms with Crippen molar-refractivity contribution in [3.8, 4) is 6.07 Å². The van der Waals surface area contributed by atoms with Crippen LogP contribution in [0.4, 0.5) is 0 Å². The minimum absolute atomic E-state index is 0.0660. The highest BCUT2D eigenvalue weighted by molar-refractivity contribution is 7.89. The zero-order chi connectivity index (χ0) is 19.3. The standard InChI is InChI=1S/C18H22N4O4S/c19-14-16(18(23)21-10-12-26-13-11-21)15-20-6-8-22(9-7-20)27(24,25)17-4-2-1-3-5-17/h1-5,15H,6-13H2/b16-15-. The largest absolute Gasteiger partial charge is 0.378 e. The SMILES string of the molecule is N#C/C(=C/N1CCN(S(=O)(=O)c2ccccc2)CC1)C(=O)N1CCOCC1. The van der Waals surface area contributed by atoms with Crippen LogP contribution in [0.15, 0.2) is 47.0 Å². The molecule has 1 aromatic carbocycles. The Bertz CT molecular complexity index is 834. The fraction of sp³-hybridized carbons (Fsp3) is 0.444. The summed E-state index contributed by atoms with van der Waals surface area (Å²) in [5.74, 6) is -0.305. The number of sulfonamides is 1. The minimum Gasteiger partial charge on any atom is -0.378 e. The van der Waals surface area contributed by atoms with Gasteiger partial charge in [0.2, 0.25) is 10.0 Å². The molecule has 8 nitrogen and oxygen atoms in total. The van der Waals surface area contributed by atoms with Gasteiger partial charge in [-0.2, -0.15) is 9.57 Å². The van der Waals surface area contributed by atoms with Crippen molar-refractivity contribution in [2.75, 3.05) is 52.5 Å². The van der Waals surface area contributed by atoms with Gasteiger partial charge in [-0.15, -0.1) is 0 Å². The molecule has 1 aromatic rings. The number of carbonyl (C=O) groups excluding carboxylic acids is 1. The van der Waals surface area contributed by atoms with Gasteiger partial charge in [0.1, 0.15) is 11.6 Å².